The monoisotopic (exact) mass is 415 g/mol. The number of benzene rings is 2. The number of halogens is 3. The first-order valence-corrected chi connectivity index (χ1v) is 8.85. The molecular weight excluding hydrogens is 399 g/mol. The summed E-state index contributed by atoms with van der Waals surface area (Å²) < 4.78 is 49.3. The number of methoxy groups -OCH3 is 1. The molecule has 7 nitrogen and oxygen atoms in total. The average molecular weight is 415 g/mol. The second-order valence-corrected chi connectivity index (χ2v) is 6.21. The highest BCUT2D eigenvalue weighted by Gasteiger charge is 2.13. The van der Waals surface area contributed by atoms with E-state index in [0.717, 1.165) is 5.56 Å². The maximum atomic E-state index is 13.2. The topological polar surface area (TPSA) is 74.1 Å². The third-order valence-corrected chi connectivity index (χ3v) is 4.34. The molecule has 0 aliphatic rings. The first-order chi connectivity index (χ1) is 14.5. The van der Waals surface area contributed by atoms with Crippen LogP contribution < -0.4 is 14.8 Å². The number of alkyl halides is 2. The SMILES string of the molecule is COc1cc(CNc2ncnc3c2cnn3-c2ccc(F)cc2)ccc1OC(F)F. The molecule has 1 N–H and O–H groups in total. The zero-order valence-electron chi connectivity index (χ0n) is 15.7. The molecule has 0 amide bonds. The molecule has 0 bridgehead atoms. The number of nitrogens with one attached hydrogen (secondary N) is 1. The van der Waals surface area contributed by atoms with E-state index in [1.165, 1.54) is 31.6 Å². The minimum absolute atomic E-state index is 0.0405. The van der Waals surface area contributed by atoms with Crippen LogP contribution in [0.3, 0.4) is 0 Å². The Balaban J connectivity index is 1.57. The van der Waals surface area contributed by atoms with Crippen LogP contribution in [0.25, 0.3) is 16.7 Å². The van der Waals surface area contributed by atoms with Gasteiger partial charge in [0.1, 0.15) is 18.0 Å². The Kier molecular flexibility index (Phi) is 5.38. The van der Waals surface area contributed by atoms with E-state index in [1.807, 2.05) is 0 Å². The van der Waals surface area contributed by atoms with E-state index in [4.69, 9.17) is 4.74 Å². The molecule has 0 saturated carbocycles. The van der Waals surface area contributed by atoms with Gasteiger partial charge in [-0.25, -0.2) is 19.0 Å². The lowest BCUT2D eigenvalue weighted by Gasteiger charge is -2.12. The number of nitrogens with zero attached hydrogens (tertiary/aromatic N) is 4. The Morgan fingerprint density at radius 1 is 1.07 bits per heavy atom. The van der Waals surface area contributed by atoms with Crippen LogP contribution in [0.5, 0.6) is 11.5 Å². The lowest BCUT2D eigenvalue weighted by molar-refractivity contribution is -0.0512. The molecule has 154 valence electrons. The Hall–Kier alpha value is -3.82. The van der Waals surface area contributed by atoms with Gasteiger partial charge in [-0.3, -0.25) is 0 Å². The molecule has 0 spiro atoms. The van der Waals surface area contributed by atoms with Crippen LogP contribution in [0.15, 0.2) is 55.0 Å². The number of ether oxygens (including phenoxy) is 2. The van der Waals surface area contributed by atoms with Crippen LogP contribution in [0.2, 0.25) is 0 Å². The second kappa shape index (κ2) is 8.27. The van der Waals surface area contributed by atoms with Crippen molar-refractivity contribution in [3.63, 3.8) is 0 Å². The number of anilines is 1. The van der Waals surface area contributed by atoms with Crippen LogP contribution in [0.1, 0.15) is 5.56 Å². The van der Waals surface area contributed by atoms with Crippen molar-refractivity contribution in [2.75, 3.05) is 12.4 Å². The lowest BCUT2D eigenvalue weighted by Crippen LogP contribution is -2.06. The highest BCUT2D eigenvalue weighted by molar-refractivity contribution is 5.87. The van der Waals surface area contributed by atoms with Crippen LogP contribution in [-0.2, 0) is 6.54 Å². The van der Waals surface area contributed by atoms with E-state index < -0.39 is 6.61 Å². The van der Waals surface area contributed by atoms with Crippen LogP contribution in [-0.4, -0.2) is 33.5 Å². The van der Waals surface area contributed by atoms with E-state index in [1.54, 1.807) is 35.1 Å². The number of rotatable bonds is 7. The van der Waals surface area contributed by atoms with E-state index in [2.05, 4.69) is 25.1 Å². The van der Waals surface area contributed by atoms with Crippen molar-refractivity contribution in [3.05, 3.63) is 66.4 Å². The van der Waals surface area contributed by atoms with E-state index in [9.17, 15) is 13.2 Å². The van der Waals surface area contributed by atoms with Crippen molar-refractivity contribution in [1.82, 2.24) is 19.7 Å². The van der Waals surface area contributed by atoms with Gasteiger partial charge in [0.25, 0.3) is 0 Å². The largest absolute Gasteiger partial charge is 0.493 e. The molecule has 0 fully saturated rings. The average Bonchev–Trinajstić information content (AvgIpc) is 3.18. The molecule has 2 aromatic heterocycles. The van der Waals surface area contributed by atoms with E-state index >= 15 is 0 Å². The fourth-order valence-electron chi connectivity index (χ4n) is 2.96. The summed E-state index contributed by atoms with van der Waals surface area (Å²) in [7, 11) is 1.38. The summed E-state index contributed by atoms with van der Waals surface area (Å²) in [6, 6.07) is 10.6. The van der Waals surface area contributed by atoms with Gasteiger partial charge in [0.05, 0.1) is 24.4 Å². The third kappa shape index (κ3) is 3.97. The van der Waals surface area contributed by atoms with E-state index in [-0.39, 0.29) is 17.3 Å². The smallest absolute Gasteiger partial charge is 0.387 e. The Labute approximate surface area is 169 Å². The summed E-state index contributed by atoms with van der Waals surface area (Å²) in [4.78, 5) is 8.52. The number of hydrogen-bond donors (Lipinski definition) is 1. The third-order valence-electron chi connectivity index (χ3n) is 4.34. The molecule has 30 heavy (non-hydrogen) atoms. The van der Waals surface area contributed by atoms with Gasteiger partial charge in [0.15, 0.2) is 17.1 Å². The van der Waals surface area contributed by atoms with Crippen molar-refractivity contribution in [2.24, 2.45) is 0 Å². The summed E-state index contributed by atoms with van der Waals surface area (Å²) in [6.45, 7) is -2.59. The molecule has 4 aromatic rings. The normalized spacial score (nSPS) is 11.1. The maximum Gasteiger partial charge on any atom is 0.387 e. The lowest BCUT2D eigenvalue weighted by atomic mass is 10.2. The van der Waals surface area contributed by atoms with Gasteiger partial charge in [-0.2, -0.15) is 13.9 Å². The predicted octanol–water partition coefficient (Wildman–Crippen LogP) is 4.18. The molecule has 2 aromatic carbocycles. The van der Waals surface area contributed by atoms with Crippen LogP contribution >= 0.6 is 0 Å². The van der Waals surface area contributed by atoms with Gasteiger partial charge >= 0.3 is 6.61 Å². The van der Waals surface area contributed by atoms with E-state index in [0.29, 0.717) is 29.1 Å². The van der Waals surface area contributed by atoms with Crippen molar-refractivity contribution < 1.29 is 22.6 Å². The minimum Gasteiger partial charge on any atom is -0.493 e. The zero-order valence-corrected chi connectivity index (χ0v) is 15.7. The van der Waals surface area contributed by atoms with Crippen molar-refractivity contribution in [3.8, 4) is 17.2 Å². The minimum atomic E-state index is -2.94. The molecule has 0 atom stereocenters. The molecule has 0 aliphatic carbocycles. The Morgan fingerprint density at radius 3 is 2.60 bits per heavy atom. The Bertz CT molecular complexity index is 1170. The van der Waals surface area contributed by atoms with Gasteiger partial charge in [0.2, 0.25) is 0 Å². The zero-order chi connectivity index (χ0) is 21.1. The second-order valence-electron chi connectivity index (χ2n) is 6.21. The highest BCUT2D eigenvalue weighted by atomic mass is 19.3. The van der Waals surface area contributed by atoms with Crippen molar-refractivity contribution in [2.45, 2.75) is 13.2 Å². The van der Waals surface area contributed by atoms with Crippen LogP contribution in [0.4, 0.5) is 19.0 Å². The van der Waals surface area contributed by atoms with Crippen molar-refractivity contribution in [1.29, 1.82) is 0 Å². The summed E-state index contributed by atoms with van der Waals surface area (Å²) in [5, 5.41) is 8.17. The maximum absolute atomic E-state index is 13.2. The molecule has 0 radical (unpaired) electrons. The number of fused-ring (bicyclic) bond motifs is 1. The summed E-state index contributed by atoms with van der Waals surface area (Å²) in [6.07, 6.45) is 3.01. The van der Waals surface area contributed by atoms with Gasteiger partial charge in [-0.1, -0.05) is 6.07 Å². The molecule has 0 aliphatic heterocycles. The fourth-order valence-corrected chi connectivity index (χ4v) is 2.96. The molecule has 0 saturated heterocycles. The number of hydrogen-bond acceptors (Lipinski definition) is 6. The quantitative estimate of drug-likeness (QED) is 0.488. The summed E-state index contributed by atoms with van der Waals surface area (Å²) >= 11 is 0. The molecule has 4 rings (SSSR count). The highest BCUT2D eigenvalue weighted by Crippen LogP contribution is 2.30. The first-order valence-electron chi connectivity index (χ1n) is 8.85. The summed E-state index contributed by atoms with van der Waals surface area (Å²) in [5.41, 5.74) is 1.99. The Morgan fingerprint density at radius 2 is 1.87 bits per heavy atom. The van der Waals surface area contributed by atoms with Gasteiger partial charge in [0, 0.05) is 6.54 Å². The number of aromatic nitrogens is 4. The van der Waals surface area contributed by atoms with Crippen LogP contribution in [0, 0.1) is 5.82 Å². The van der Waals surface area contributed by atoms with Crippen molar-refractivity contribution >= 4 is 16.9 Å². The molecule has 2 heterocycles. The standard InChI is InChI=1S/C20H16F3N5O2/c1-29-17-8-12(2-7-16(17)30-20(22)23)9-24-18-15-10-27-28(19(15)26-11-25-18)14-5-3-13(21)4-6-14/h2-8,10-11,20H,9H2,1H3,(H,24,25,26). The van der Waals surface area contributed by atoms with Gasteiger partial charge < -0.3 is 14.8 Å². The van der Waals surface area contributed by atoms with Gasteiger partial charge in [-0.05, 0) is 42.0 Å². The summed E-state index contributed by atoms with van der Waals surface area (Å²) in [5.74, 6) is 0.362. The first kappa shape index (κ1) is 19.5. The molecule has 10 heteroatoms. The predicted molar refractivity (Wildman–Crippen MR) is 104 cm³/mol. The fraction of sp³-hybridized carbons (Fsp3) is 0.150. The molecule has 0 unspecified atom stereocenters. The van der Waals surface area contributed by atoms with Gasteiger partial charge in [-0.15, -0.1) is 0 Å². The molecular formula is C20H16F3N5O2.